The van der Waals surface area contributed by atoms with Crippen LogP contribution in [-0.2, 0) is 19.1 Å². The van der Waals surface area contributed by atoms with Crippen LogP contribution in [0.1, 0.15) is 19.8 Å². The van der Waals surface area contributed by atoms with E-state index in [1.165, 1.54) is 12.0 Å². The molecule has 1 unspecified atom stereocenters. The van der Waals surface area contributed by atoms with Gasteiger partial charge in [0.05, 0.1) is 24.9 Å². The largest absolute Gasteiger partial charge is 0.481 e. The molecule has 0 spiro atoms. The van der Waals surface area contributed by atoms with Gasteiger partial charge in [0, 0.05) is 13.6 Å². The van der Waals surface area contributed by atoms with Crippen LogP contribution in [0.15, 0.2) is 12.2 Å². The highest BCUT2D eigenvalue weighted by molar-refractivity contribution is 5.85. The highest BCUT2D eigenvalue weighted by Gasteiger charge is 2.36. The number of carboxylic acids is 1. The molecule has 0 aromatic carbocycles. The molecule has 0 fully saturated rings. The monoisotopic (exact) mass is 283 g/mol. The van der Waals surface area contributed by atoms with Crippen LogP contribution >= 0.6 is 0 Å². The fraction of sp³-hybridized carbons (Fsp3) is 0.643. The number of carbonyl (C=O) groups excluding carboxylic acids is 2. The lowest BCUT2D eigenvalue weighted by atomic mass is 9.82. The molecular weight excluding hydrogens is 262 g/mol. The number of carbonyl (C=O) groups is 3. The second-order valence-corrected chi connectivity index (χ2v) is 5.14. The summed E-state index contributed by atoms with van der Waals surface area (Å²) in [5.41, 5.74) is 0. The zero-order valence-electron chi connectivity index (χ0n) is 12.0. The third kappa shape index (κ3) is 3.82. The highest BCUT2D eigenvalue weighted by Crippen LogP contribution is 2.27. The molecule has 0 saturated heterocycles. The fourth-order valence-corrected chi connectivity index (χ4v) is 2.42. The fourth-order valence-electron chi connectivity index (χ4n) is 2.42. The van der Waals surface area contributed by atoms with Crippen LogP contribution in [0.25, 0.3) is 0 Å². The molecular formula is C14H21NO5. The number of aliphatic carboxylic acids is 1. The smallest absolute Gasteiger partial charge is 0.310 e. The van der Waals surface area contributed by atoms with Gasteiger partial charge >= 0.3 is 11.9 Å². The van der Waals surface area contributed by atoms with Crippen molar-refractivity contribution in [3.05, 3.63) is 12.2 Å². The zero-order chi connectivity index (χ0) is 15.3. The van der Waals surface area contributed by atoms with Crippen molar-refractivity contribution < 1.29 is 24.2 Å². The molecule has 1 aliphatic carbocycles. The minimum absolute atomic E-state index is 0.220. The molecule has 0 aromatic rings. The summed E-state index contributed by atoms with van der Waals surface area (Å²) in [5, 5.41) is 9.17. The Kier molecular flexibility index (Phi) is 5.73. The standard InChI is InChI=1S/C14H21NO5/c1-9(14(19)20-3)8-15(2)12(16)10-6-4-5-7-11(10)13(17)18/h4-5,9-11H,6-8H2,1-3H3,(H,17,18)/t9?,10-,11+/m1/s1. The first kappa shape index (κ1) is 16.2. The zero-order valence-corrected chi connectivity index (χ0v) is 12.0. The van der Waals surface area contributed by atoms with Crippen LogP contribution in [0.5, 0.6) is 0 Å². The summed E-state index contributed by atoms with van der Waals surface area (Å²) in [6.07, 6.45) is 4.41. The summed E-state index contributed by atoms with van der Waals surface area (Å²) < 4.78 is 4.62. The van der Waals surface area contributed by atoms with Crippen molar-refractivity contribution in [2.75, 3.05) is 20.7 Å². The van der Waals surface area contributed by atoms with Gasteiger partial charge in [-0.3, -0.25) is 14.4 Å². The number of methoxy groups -OCH3 is 1. The van der Waals surface area contributed by atoms with Crippen molar-refractivity contribution >= 4 is 17.8 Å². The minimum Gasteiger partial charge on any atom is -0.481 e. The Bertz CT molecular complexity index is 418. The Morgan fingerprint density at radius 3 is 2.35 bits per heavy atom. The van der Waals surface area contributed by atoms with Crippen molar-refractivity contribution in [1.82, 2.24) is 4.90 Å². The van der Waals surface area contributed by atoms with Crippen molar-refractivity contribution in [1.29, 1.82) is 0 Å². The Balaban J connectivity index is 2.70. The number of ether oxygens (including phenoxy) is 1. The summed E-state index contributed by atoms with van der Waals surface area (Å²) in [6.45, 7) is 1.89. The van der Waals surface area contributed by atoms with Gasteiger partial charge in [-0.05, 0) is 12.8 Å². The van der Waals surface area contributed by atoms with Crippen LogP contribution in [0.3, 0.4) is 0 Å². The first-order valence-electron chi connectivity index (χ1n) is 6.59. The summed E-state index contributed by atoms with van der Waals surface area (Å²) in [6, 6.07) is 0. The Morgan fingerprint density at radius 2 is 1.85 bits per heavy atom. The maximum absolute atomic E-state index is 12.3. The number of carboxylic acid groups (broad SMARTS) is 1. The number of hydrogen-bond donors (Lipinski definition) is 1. The molecule has 0 aliphatic heterocycles. The van der Waals surface area contributed by atoms with Crippen LogP contribution in [-0.4, -0.2) is 48.6 Å². The number of rotatable bonds is 5. The molecule has 0 saturated carbocycles. The molecule has 1 amide bonds. The maximum Gasteiger partial charge on any atom is 0.310 e. The Hall–Kier alpha value is -1.85. The quantitative estimate of drug-likeness (QED) is 0.599. The molecule has 0 radical (unpaired) electrons. The van der Waals surface area contributed by atoms with Gasteiger partial charge in [-0.2, -0.15) is 0 Å². The van der Waals surface area contributed by atoms with E-state index in [9.17, 15) is 14.4 Å². The van der Waals surface area contributed by atoms with E-state index in [1.807, 2.05) is 6.08 Å². The lowest BCUT2D eigenvalue weighted by molar-refractivity contribution is -0.152. The third-order valence-electron chi connectivity index (χ3n) is 3.59. The molecule has 0 bridgehead atoms. The summed E-state index contributed by atoms with van der Waals surface area (Å²) in [7, 11) is 2.88. The first-order chi connectivity index (χ1) is 9.38. The number of amides is 1. The molecule has 1 aliphatic rings. The van der Waals surface area contributed by atoms with E-state index >= 15 is 0 Å². The van der Waals surface area contributed by atoms with Gasteiger partial charge in [-0.15, -0.1) is 0 Å². The lowest BCUT2D eigenvalue weighted by Gasteiger charge is -2.29. The SMILES string of the molecule is COC(=O)C(C)CN(C)C(=O)[C@@H]1CC=CC[C@@H]1C(=O)O. The van der Waals surface area contributed by atoms with E-state index in [1.54, 1.807) is 20.0 Å². The summed E-state index contributed by atoms with van der Waals surface area (Å²) in [4.78, 5) is 36.3. The van der Waals surface area contributed by atoms with Crippen LogP contribution in [0, 0.1) is 17.8 Å². The van der Waals surface area contributed by atoms with Crippen molar-refractivity contribution in [2.24, 2.45) is 17.8 Å². The molecule has 112 valence electrons. The topological polar surface area (TPSA) is 83.9 Å². The minimum atomic E-state index is -0.956. The van der Waals surface area contributed by atoms with E-state index in [2.05, 4.69) is 4.74 Å². The Morgan fingerprint density at radius 1 is 1.30 bits per heavy atom. The van der Waals surface area contributed by atoms with Gasteiger partial charge in [0.25, 0.3) is 0 Å². The molecule has 6 nitrogen and oxygen atoms in total. The third-order valence-corrected chi connectivity index (χ3v) is 3.59. The summed E-state index contributed by atoms with van der Waals surface area (Å²) in [5.74, 6) is -3.27. The Labute approximate surface area is 118 Å². The number of esters is 1. The number of hydrogen-bond acceptors (Lipinski definition) is 4. The normalized spacial score (nSPS) is 22.9. The molecule has 3 atom stereocenters. The lowest BCUT2D eigenvalue weighted by Crippen LogP contribution is -2.42. The van der Waals surface area contributed by atoms with E-state index < -0.39 is 23.7 Å². The van der Waals surface area contributed by atoms with Gasteiger partial charge < -0.3 is 14.7 Å². The summed E-state index contributed by atoms with van der Waals surface area (Å²) >= 11 is 0. The van der Waals surface area contributed by atoms with E-state index in [4.69, 9.17) is 5.11 Å². The van der Waals surface area contributed by atoms with Gasteiger partial charge in [0.15, 0.2) is 0 Å². The van der Waals surface area contributed by atoms with Gasteiger partial charge in [-0.1, -0.05) is 19.1 Å². The van der Waals surface area contributed by atoms with Crippen LogP contribution in [0.4, 0.5) is 0 Å². The molecule has 6 heteroatoms. The van der Waals surface area contributed by atoms with Gasteiger partial charge in [0.2, 0.25) is 5.91 Å². The van der Waals surface area contributed by atoms with Gasteiger partial charge in [-0.25, -0.2) is 0 Å². The second kappa shape index (κ2) is 7.07. The molecule has 1 N–H and O–H groups in total. The van der Waals surface area contributed by atoms with E-state index in [-0.39, 0.29) is 18.4 Å². The van der Waals surface area contributed by atoms with Crippen LogP contribution in [0.2, 0.25) is 0 Å². The van der Waals surface area contributed by atoms with Crippen molar-refractivity contribution in [3.8, 4) is 0 Å². The van der Waals surface area contributed by atoms with Crippen molar-refractivity contribution in [3.63, 3.8) is 0 Å². The van der Waals surface area contributed by atoms with Gasteiger partial charge in [0.1, 0.15) is 0 Å². The molecule has 20 heavy (non-hydrogen) atoms. The predicted molar refractivity (Wildman–Crippen MR) is 71.8 cm³/mol. The average Bonchev–Trinajstić information content (AvgIpc) is 2.45. The highest BCUT2D eigenvalue weighted by atomic mass is 16.5. The number of allylic oxidation sites excluding steroid dienone is 2. The molecule has 1 rings (SSSR count). The molecule has 0 aromatic heterocycles. The average molecular weight is 283 g/mol. The second-order valence-electron chi connectivity index (χ2n) is 5.14. The maximum atomic E-state index is 12.3. The van der Waals surface area contributed by atoms with E-state index in [0.29, 0.717) is 12.8 Å². The van der Waals surface area contributed by atoms with E-state index in [0.717, 1.165) is 0 Å². The van der Waals surface area contributed by atoms with Crippen LogP contribution < -0.4 is 0 Å². The number of nitrogens with zero attached hydrogens (tertiary/aromatic N) is 1. The molecule has 0 heterocycles. The predicted octanol–water partition coefficient (Wildman–Crippen LogP) is 0.921. The van der Waals surface area contributed by atoms with Crippen molar-refractivity contribution in [2.45, 2.75) is 19.8 Å². The first-order valence-corrected chi connectivity index (χ1v) is 6.59.